The number of hydrogen-bond acceptors (Lipinski definition) is 2. The van der Waals surface area contributed by atoms with E-state index in [1.807, 2.05) is 86.3 Å². The molecule has 0 radical (unpaired) electrons. The zero-order valence-electron chi connectivity index (χ0n) is 21.1. The van der Waals surface area contributed by atoms with Gasteiger partial charge in [0.15, 0.2) is 0 Å². The Morgan fingerprint density at radius 3 is 2.33 bits per heavy atom. The first kappa shape index (κ1) is 26.0. The second-order valence-corrected chi connectivity index (χ2v) is 11.3. The normalized spacial score (nSPS) is 14.5. The van der Waals surface area contributed by atoms with Gasteiger partial charge in [-0.1, -0.05) is 70.5 Å². The van der Waals surface area contributed by atoms with E-state index in [4.69, 9.17) is 0 Å². The van der Waals surface area contributed by atoms with Crippen LogP contribution in [0.2, 0.25) is 0 Å². The average molecular weight is 550 g/mol. The Morgan fingerprint density at radius 1 is 0.972 bits per heavy atom. The van der Waals surface area contributed by atoms with Gasteiger partial charge in [-0.3, -0.25) is 9.69 Å². The highest BCUT2D eigenvalue weighted by atomic mass is 79.9. The molecule has 0 aromatic heterocycles. The van der Waals surface area contributed by atoms with Crippen molar-refractivity contribution in [3.05, 3.63) is 94.0 Å². The largest absolute Gasteiger partial charge is 0.465 e. The molecule has 3 aromatic carbocycles. The maximum Gasteiger partial charge on any atom is 0.408 e. The van der Waals surface area contributed by atoms with Crippen LogP contribution >= 0.6 is 15.9 Å². The lowest BCUT2D eigenvalue weighted by molar-refractivity contribution is 0.0713. The lowest BCUT2D eigenvalue weighted by atomic mass is 9.88. The molecule has 4 rings (SSSR count). The van der Waals surface area contributed by atoms with E-state index in [0.29, 0.717) is 31.1 Å². The molecule has 0 atom stereocenters. The van der Waals surface area contributed by atoms with Crippen molar-refractivity contribution in [3.8, 4) is 11.1 Å². The van der Waals surface area contributed by atoms with Gasteiger partial charge in [-0.2, -0.15) is 0 Å². The fourth-order valence-electron chi connectivity index (χ4n) is 4.83. The molecule has 2 amide bonds. The van der Waals surface area contributed by atoms with Gasteiger partial charge in [0, 0.05) is 35.2 Å². The number of carboxylic acid groups (broad SMARTS) is 1. The third-order valence-corrected chi connectivity index (χ3v) is 7.57. The van der Waals surface area contributed by atoms with Crippen LogP contribution in [0.5, 0.6) is 0 Å². The van der Waals surface area contributed by atoms with E-state index in [0.717, 1.165) is 34.0 Å². The van der Waals surface area contributed by atoms with Gasteiger partial charge in [0.2, 0.25) is 0 Å². The second-order valence-electron chi connectivity index (χ2n) is 10.4. The van der Waals surface area contributed by atoms with Crippen molar-refractivity contribution in [3.63, 3.8) is 0 Å². The maximum absolute atomic E-state index is 13.3. The SMILES string of the molecule is CC(C)(C)N(Cc1cccc(C2CCN(C(=O)c3cccc(-c4ccccc4Br)c3)CC2)c1)C(=O)O. The van der Waals surface area contributed by atoms with E-state index >= 15 is 0 Å². The van der Waals surface area contributed by atoms with Crippen molar-refractivity contribution in [2.24, 2.45) is 0 Å². The van der Waals surface area contributed by atoms with Crippen LogP contribution in [0.1, 0.15) is 61.0 Å². The fourth-order valence-corrected chi connectivity index (χ4v) is 5.35. The summed E-state index contributed by atoms with van der Waals surface area (Å²) in [6.07, 6.45) is 0.866. The van der Waals surface area contributed by atoms with Crippen molar-refractivity contribution in [1.82, 2.24) is 9.80 Å². The Labute approximate surface area is 221 Å². The van der Waals surface area contributed by atoms with Crippen LogP contribution in [-0.2, 0) is 6.54 Å². The van der Waals surface area contributed by atoms with E-state index < -0.39 is 11.6 Å². The van der Waals surface area contributed by atoms with Crippen LogP contribution in [0.4, 0.5) is 4.79 Å². The van der Waals surface area contributed by atoms with Crippen LogP contribution in [0, 0.1) is 0 Å². The summed E-state index contributed by atoms with van der Waals surface area (Å²) in [6, 6.07) is 24.1. The van der Waals surface area contributed by atoms with Gasteiger partial charge in [0.05, 0.1) is 0 Å². The third kappa shape index (κ3) is 5.98. The molecule has 1 heterocycles. The number of carbonyl (C=O) groups is 2. The molecule has 3 aromatic rings. The summed E-state index contributed by atoms with van der Waals surface area (Å²) in [5.41, 5.74) is 4.53. The Bertz CT molecular complexity index is 1240. The summed E-state index contributed by atoms with van der Waals surface area (Å²) in [6.45, 7) is 7.49. The predicted molar refractivity (Wildman–Crippen MR) is 147 cm³/mol. The van der Waals surface area contributed by atoms with Gasteiger partial charge in [-0.25, -0.2) is 4.79 Å². The molecule has 0 saturated carbocycles. The molecule has 6 heteroatoms. The number of rotatable bonds is 5. The molecule has 1 N–H and O–H groups in total. The summed E-state index contributed by atoms with van der Waals surface area (Å²) >= 11 is 3.61. The number of hydrogen-bond donors (Lipinski definition) is 1. The summed E-state index contributed by atoms with van der Waals surface area (Å²) < 4.78 is 1.01. The van der Waals surface area contributed by atoms with Gasteiger partial charge < -0.3 is 10.0 Å². The number of piperidine rings is 1. The van der Waals surface area contributed by atoms with Crippen molar-refractivity contribution >= 4 is 27.9 Å². The smallest absolute Gasteiger partial charge is 0.408 e. The summed E-state index contributed by atoms with van der Waals surface area (Å²) in [4.78, 5) is 28.5. The van der Waals surface area contributed by atoms with Gasteiger partial charge in [0.1, 0.15) is 0 Å². The van der Waals surface area contributed by atoms with Crippen LogP contribution in [0.25, 0.3) is 11.1 Å². The monoisotopic (exact) mass is 548 g/mol. The van der Waals surface area contributed by atoms with Gasteiger partial charge >= 0.3 is 6.09 Å². The minimum Gasteiger partial charge on any atom is -0.465 e. The zero-order valence-corrected chi connectivity index (χ0v) is 22.7. The van der Waals surface area contributed by atoms with Gasteiger partial charge in [0.25, 0.3) is 5.91 Å². The molecule has 188 valence electrons. The van der Waals surface area contributed by atoms with E-state index in [-0.39, 0.29) is 5.91 Å². The summed E-state index contributed by atoms with van der Waals surface area (Å²) in [5, 5.41) is 9.64. The molecule has 1 fully saturated rings. The van der Waals surface area contributed by atoms with Crippen molar-refractivity contribution in [2.75, 3.05) is 13.1 Å². The minimum absolute atomic E-state index is 0.0679. The molecule has 1 aliphatic heterocycles. The number of amides is 2. The van der Waals surface area contributed by atoms with Crippen molar-refractivity contribution < 1.29 is 14.7 Å². The minimum atomic E-state index is -0.914. The van der Waals surface area contributed by atoms with Crippen molar-refractivity contribution in [1.29, 1.82) is 0 Å². The number of carbonyl (C=O) groups excluding carboxylic acids is 1. The van der Waals surface area contributed by atoms with E-state index in [2.05, 4.69) is 28.1 Å². The molecular formula is C30H33BrN2O3. The molecule has 1 aliphatic rings. The first-order valence-electron chi connectivity index (χ1n) is 12.4. The molecule has 0 aliphatic carbocycles. The molecular weight excluding hydrogens is 516 g/mol. The number of likely N-dealkylation sites (tertiary alicyclic amines) is 1. The topological polar surface area (TPSA) is 60.9 Å². The predicted octanol–water partition coefficient (Wildman–Crippen LogP) is 7.41. The van der Waals surface area contributed by atoms with Crippen LogP contribution in [0.3, 0.4) is 0 Å². The lowest BCUT2D eigenvalue weighted by Crippen LogP contribution is -2.44. The number of halogens is 1. The highest BCUT2D eigenvalue weighted by molar-refractivity contribution is 9.10. The quantitative estimate of drug-likeness (QED) is 0.361. The lowest BCUT2D eigenvalue weighted by Gasteiger charge is -2.34. The standard InChI is InChI=1S/C30H33BrN2O3/c1-30(2,3)33(29(35)36)20-21-8-6-9-23(18-21)22-14-16-32(17-15-22)28(34)25-11-7-10-24(19-25)26-12-4-5-13-27(26)31/h4-13,18-19,22H,14-17,20H2,1-3H3,(H,35,36). The highest BCUT2D eigenvalue weighted by Crippen LogP contribution is 2.32. The highest BCUT2D eigenvalue weighted by Gasteiger charge is 2.28. The Hall–Kier alpha value is -3.12. The van der Waals surface area contributed by atoms with E-state index in [1.165, 1.54) is 10.5 Å². The molecule has 1 saturated heterocycles. The third-order valence-electron chi connectivity index (χ3n) is 6.88. The Morgan fingerprint density at radius 2 is 1.67 bits per heavy atom. The Kier molecular flexibility index (Phi) is 7.84. The van der Waals surface area contributed by atoms with Crippen LogP contribution in [0.15, 0.2) is 77.3 Å². The molecule has 0 spiro atoms. The van der Waals surface area contributed by atoms with Crippen LogP contribution in [-0.4, -0.2) is 45.5 Å². The molecule has 5 nitrogen and oxygen atoms in total. The molecule has 36 heavy (non-hydrogen) atoms. The summed E-state index contributed by atoms with van der Waals surface area (Å²) in [7, 11) is 0. The van der Waals surface area contributed by atoms with Gasteiger partial charge in [-0.15, -0.1) is 0 Å². The number of benzene rings is 3. The van der Waals surface area contributed by atoms with E-state index in [1.54, 1.807) is 0 Å². The first-order chi connectivity index (χ1) is 17.1. The molecule has 0 bridgehead atoms. The first-order valence-corrected chi connectivity index (χ1v) is 13.2. The number of nitrogens with zero attached hydrogens (tertiary/aromatic N) is 2. The van der Waals surface area contributed by atoms with Crippen LogP contribution < -0.4 is 0 Å². The van der Waals surface area contributed by atoms with Crippen molar-refractivity contribution in [2.45, 2.75) is 51.6 Å². The summed E-state index contributed by atoms with van der Waals surface area (Å²) in [5.74, 6) is 0.423. The second kappa shape index (κ2) is 10.9. The average Bonchev–Trinajstić information content (AvgIpc) is 2.86. The fraction of sp³-hybridized carbons (Fsp3) is 0.333. The maximum atomic E-state index is 13.3. The molecule has 0 unspecified atom stereocenters. The Balaban J connectivity index is 1.42. The zero-order chi connectivity index (χ0) is 25.9. The van der Waals surface area contributed by atoms with E-state index in [9.17, 15) is 14.7 Å². The van der Waals surface area contributed by atoms with Gasteiger partial charge in [-0.05, 0) is 80.0 Å².